The molecule has 0 atom stereocenters. The molecule has 0 bridgehead atoms. The van der Waals surface area contributed by atoms with E-state index in [1.54, 1.807) is 11.8 Å². The maximum absolute atomic E-state index is 5.87. The third-order valence-electron chi connectivity index (χ3n) is 3.21. The minimum atomic E-state index is 0.532. The fourth-order valence-electron chi connectivity index (χ4n) is 2.24. The van der Waals surface area contributed by atoms with Crippen LogP contribution in [0.15, 0.2) is 64.5 Å². The zero-order valence-electron chi connectivity index (χ0n) is 11.3. The van der Waals surface area contributed by atoms with Crippen LogP contribution in [-0.4, -0.2) is 4.98 Å². The molecule has 20 heavy (non-hydrogen) atoms. The van der Waals surface area contributed by atoms with Gasteiger partial charge in [-0.15, -0.1) is 0 Å². The number of nitrogens with zero attached hydrogens (tertiary/aromatic N) is 1. The lowest BCUT2D eigenvalue weighted by Gasteiger charge is -2.08. The van der Waals surface area contributed by atoms with Crippen molar-refractivity contribution in [2.45, 2.75) is 23.4 Å². The Morgan fingerprint density at radius 1 is 1.05 bits per heavy atom. The molecule has 2 N–H and O–H groups in total. The van der Waals surface area contributed by atoms with Crippen LogP contribution in [0.4, 0.5) is 0 Å². The quantitative estimate of drug-likeness (QED) is 0.783. The monoisotopic (exact) mass is 280 g/mol. The maximum Gasteiger partial charge on any atom is 0.102 e. The Bertz CT molecular complexity index is 753. The van der Waals surface area contributed by atoms with Gasteiger partial charge in [-0.2, -0.15) is 0 Å². The Morgan fingerprint density at radius 2 is 1.90 bits per heavy atom. The summed E-state index contributed by atoms with van der Waals surface area (Å²) in [5.41, 5.74) is 9.27. The van der Waals surface area contributed by atoms with Gasteiger partial charge >= 0.3 is 0 Å². The number of rotatable bonds is 3. The molecule has 0 amide bonds. The van der Waals surface area contributed by atoms with E-state index in [9.17, 15) is 0 Å². The third-order valence-corrected chi connectivity index (χ3v) is 4.12. The minimum absolute atomic E-state index is 0.532. The van der Waals surface area contributed by atoms with Crippen LogP contribution in [0.25, 0.3) is 10.9 Å². The zero-order valence-corrected chi connectivity index (χ0v) is 12.2. The molecule has 0 fully saturated rings. The van der Waals surface area contributed by atoms with Crippen LogP contribution in [0.2, 0.25) is 0 Å². The molecule has 0 spiro atoms. The van der Waals surface area contributed by atoms with Gasteiger partial charge in [-0.3, -0.25) is 0 Å². The molecule has 0 aliphatic heterocycles. The number of pyridine rings is 1. The molecule has 0 aliphatic carbocycles. The summed E-state index contributed by atoms with van der Waals surface area (Å²) in [6, 6.07) is 18.7. The van der Waals surface area contributed by atoms with E-state index >= 15 is 0 Å². The molecular weight excluding hydrogens is 264 g/mol. The van der Waals surface area contributed by atoms with E-state index in [2.05, 4.69) is 43.3 Å². The van der Waals surface area contributed by atoms with Crippen molar-refractivity contribution in [1.29, 1.82) is 0 Å². The van der Waals surface area contributed by atoms with Crippen molar-refractivity contribution in [2.24, 2.45) is 5.73 Å². The topological polar surface area (TPSA) is 38.9 Å². The van der Waals surface area contributed by atoms with E-state index in [-0.39, 0.29) is 0 Å². The number of benzene rings is 2. The van der Waals surface area contributed by atoms with Crippen molar-refractivity contribution < 1.29 is 0 Å². The Balaban J connectivity index is 2.03. The molecule has 2 nitrogen and oxygen atoms in total. The standard InChI is InChI=1S/C17H16N2S/c1-12-5-4-6-14(9-12)20-17-10-13(11-18)15-7-2-3-8-16(15)19-17/h2-10H,11,18H2,1H3. The molecular formula is C17H16N2S. The van der Waals surface area contributed by atoms with Crippen LogP contribution >= 0.6 is 11.8 Å². The molecule has 0 unspecified atom stereocenters. The number of para-hydroxylation sites is 1. The first-order valence-corrected chi connectivity index (χ1v) is 7.41. The summed E-state index contributed by atoms with van der Waals surface area (Å²) in [4.78, 5) is 5.92. The van der Waals surface area contributed by atoms with Crippen LogP contribution in [0.5, 0.6) is 0 Å². The Morgan fingerprint density at radius 3 is 2.70 bits per heavy atom. The third kappa shape index (κ3) is 2.69. The van der Waals surface area contributed by atoms with Gasteiger partial charge in [0, 0.05) is 16.8 Å². The van der Waals surface area contributed by atoms with Crippen LogP contribution in [-0.2, 0) is 6.54 Å². The molecule has 1 heterocycles. The van der Waals surface area contributed by atoms with Gasteiger partial charge < -0.3 is 5.73 Å². The molecule has 3 aromatic rings. The zero-order chi connectivity index (χ0) is 13.9. The van der Waals surface area contributed by atoms with Gasteiger partial charge in [-0.05, 0) is 36.8 Å². The van der Waals surface area contributed by atoms with Crippen LogP contribution in [0, 0.1) is 6.92 Å². The molecule has 3 rings (SSSR count). The van der Waals surface area contributed by atoms with Gasteiger partial charge in [-0.25, -0.2) is 4.98 Å². The molecule has 0 saturated heterocycles. The number of fused-ring (bicyclic) bond motifs is 1. The predicted molar refractivity (Wildman–Crippen MR) is 84.9 cm³/mol. The van der Waals surface area contributed by atoms with Crippen LogP contribution in [0.3, 0.4) is 0 Å². The number of nitrogens with two attached hydrogens (primary N) is 1. The number of aromatic nitrogens is 1. The number of hydrogen-bond acceptors (Lipinski definition) is 3. The molecule has 100 valence electrons. The minimum Gasteiger partial charge on any atom is -0.326 e. The van der Waals surface area contributed by atoms with Gasteiger partial charge in [-0.1, -0.05) is 47.7 Å². The normalized spacial score (nSPS) is 10.9. The molecule has 2 aromatic carbocycles. The Kier molecular flexibility index (Phi) is 3.72. The fourth-order valence-corrected chi connectivity index (χ4v) is 3.22. The smallest absolute Gasteiger partial charge is 0.102 e. The maximum atomic E-state index is 5.87. The van der Waals surface area contributed by atoms with Crippen molar-refractivity contribution in [2.75, 3.05) is 0 Å². The lowest BCUT2D eigenvalue weighted by atomic mass is 10.1. The van der Waals surface area contributed by atoms with Crippen molar-refractivity contribution in [3.63, 3.8) is 0 Å². The summed E-state index contributed by atoms with van der Waals surface area (Å²) in [6.45, 7) is 2.63. The molecule has 0 saturated carbocycles. The highest BCUT2D eigenvalue weighted by molar-refractivity contribution is 7.99. The predicted octanol–water partition coefficient (Wildman–Crippen LogP) is 4.15. The van der Waals surface area contributed by atoms with Gasteiger partial charge in [0.1, 0.15) is 5.03 Å². The average Bonchev–Trinajstić information content (AvgIpc) is 2.46. The molecule has 3 heteroatoms. The van der Waals surface area contributed by atoms with E-state index in [1.807, 2.05) is 18.2 Å². The second kappa shape index (κ2) is 5.65. The molecule has 0 aliphatic rings. The largest absolute Gasteiger partial charge is 0.326 e. The van der Waals surface area contributed by atoms with Crippen LogP contribution < -0.4 is 5.73 Å². The summed E-state index contributed by atoms with van der Waals surface area (Å²) < 4.78 is 0. The first-order valence-electron chi connectivity index (χ1n) is 6.59. The first kappa shape index (κ1) is 13.2. The number of hydrogen-bond donors (Lipinski definition) is 1. The van der Waals surface area contributed by atoms with E-state index in [0.29, 0.717) is 6.54 Å². The SMILES string of the molecule is Cc1cccc(Sc2cc(CN)c3ccccc3n2)c1. The van der Waals surface area contributed by atoms with Crippen LogP contribution in [0.1, 0.15) is 11.1 Å². The summed E-state index contributed by atoms with van der Waals surface area (Å²) in [7, 11) is 0. The van der Waals surface area contributed by atoms with Crippen molar-refractivity contribution in [3.05, 3.63) is 65.7 Å². The molecule has 1 aromatic heterocycles. The lowest BCUT2D eigenvalue weighted by molar-refractivity contribution is 1.05. The van der Waals surface area contributed by atoms with Gasteiger partial charge in [0.05, 0.1) is 5.52 Å². The Hall–Kier alpha value is -1.84. The Labute approximate surface area is 123 Å². The highest BCUT2D eigenvalue weighted by Gasteiger charge is 2.06. The first-order chi connectivity index (χ1) is 9.76. The summed E-state index contributed by atoms with van der Waals surface area (Å²) in [6.07, 6.45) is 0. The van der Waals surface area contributed by atoms with E-state index < -0.39 is 0 Å². The summed E-state index contributed by atoms with van der Waals surface area (Å²) >= 11 is 1.68. The molecule has 0 radical (unpaired) electrons. The van der Waals surface area contributed by atoms with Crippen molar-refractivity contribution in [1.82, 2.24) is 4.98 Å². The van der Waals surface area contributed by atoms with Crippen molar-refractivity contribution in [3.8, 4) is 0 Å². The van der Waals surface area contributed by atoms with Gasteiger partial charge in [0.15, 0.2) is 0 Å². The average molecular weight is 280 g/mol. The fraction of sp³-hybridized carbons (Fsp3) is 0.118. The van der Waals surface area contributed by atoms with Gasteiger partial charge in [0.25, 0.3) is 0 Å². The summed E-state index contributed by atoms with van der Waals surface area (Å²) in [5, 5.41) is 2.14. The van der Waals surface area contributed by atoms with Gasteiger partial charge in [0.2, 0.25) is 0 Å². The van der Waals surface area contributed by atoms with Crippen molar-refractivity contribution >= 4 is 22.7 Å². The highest BCUT2D eigenvalue weighted by Crippen LogP contribution is 2.29. The highest BCUT2D eigenvalue weighted by atomic mass is 32.2. The second-order valence-corrected chi connectivity index (χ2v) is 5.85. The number of aryl methyl sites for hydroxylation is 1. The van der Waals surface area contributed by atoms with E-state index in [0.717, 1.165) is 21.5 Å². The second-order valence-electron chi connectivity index (χ2n) is 4.76. The van der Waals surface area contributed by atoms with E-state index in [1.165, 1.54) is 10.5 Å². The van der Waals surface area contributed by atoms with E-state index in [4.69, 9.17) is 10.7 Å². The summed E-state index contributed by atoms with van der Waals surface area (Å²) in [5.74, 6) is 0. The lowest BCUT2D eigenvalue weighted by Crippen LogP contribution is -1.99.